The molecule has 1 fully saturated rings. The fourth-order valence-electron chi connectivity index (χ4n) is 3.12. The number of rotatable bonds is 4. The van der Waals surface area contributed by atoms with Crippen molar-refractivity contribution in [1.29, 1.82) is 0 Å². The molecular formula is C15H19ClFN5O4S. The van der Waals surface area contributed by atoms with Crippen molar-refractivity contribution >= 4 is 33.3 Å². The zero-order valence-electron chi connectivity index (χ0n) is 14.7. The lowest BCUT2D eigenvalue weighted by molar-refractivity contribution is 0.117. The Morgan fingerprint density at radius 2 is 2.11 bits per heavy atom. The summed E-state index contributed by atoms with van der Waals surface area (Å²) in [6.07, 6.45) is 2.90. The number of nitrogens with one attached hydrogen (secondary N) is 1. The molecule has 1 aliphatic rings. The summed E-state index contributed by atoms with van der Waals surface area (Å²) >= 11 is 5.85. The minimum Gasteiger partial charge on any atom is -0.363 e. The van der Waals surface area contributed by atoms with Gasteiger partial charge in [-0.05, 0) is 19.8 Å². The molecule has 2 aromatic heterocycles. The van der Waals surface area contributed by atoms with E-state index in [1.165, 1.54) is 35.2 Å². The Kier molecular flexibility index (Phi) is 5.17. The molecule has 1 unspecified atom stereocenters. The highest BCUT2D eigenvalue weighted by Crippen LogP contribution is 2.40. The van der Waals surface area contributed by atoms with Crippen molar-refractivity contribution in [2.75, 3.05) is 18.4 Å². The highest BCUT2D eigenvalue weighted by molar-refractivity contribution is 7.92. The third kappa shape index (κ3) is 3.65. The van der Waals surface area contributed by atoms with Crippen molar-refractivity contribution in [3.63, 3.8) is 0 Å². The molecule has 2 aromatic rings. The minimum atomic E-state index is -4.35. The summed E-state index contributed by atoms with van der Waals surface area (Å²) in [5, 5.41) is 7.12. The second-order valence-corrected chi connectivity index (χ2v) is 9.13. The van der Waals surface area contributed by atoms with Crippen molar-refractivity contribution < 1.29 is 22.1 Å². The molecule has 9 nitrogen and oxygen atoms in total. The van der Waals surface area contributed by atoms with E-state index in [2.05, 4.69) is 20.1 Å². The van der Waals surface area contributed by atoms with Gasteiger partial charge in [0.1, 0.15) is 11.2 Å². The summed E-state index contributed by atoms with van der Waals surface area (Å²) in [5.74, 6) is -0.513. The number of halogens is 2. The molecule has 148 valence electrons. The summed E-state index contributed by atoms with van der Waals surface area (Å²) in [6, 6.07) is 1.09. The van der Waals surface area contributed by atoms with Crippen LogP contribution in [-0.2, 0) is 16.9 Å². The van der Waals surface area contributed by atoms with Crippen LogP contribution in [0.1, 0.15) is 19.8 Å². The quantitative estimate of drug-likeness (QED) is 0.815. The molecular weight excluding hydrogens is 401 g/mol. The van der Waals surface area contributed by atoms with Gasteiger partial charge in [0, 0.05) is 38.3 Å². The maximum Gasteiger partial charge on any atom is 0.323 e. The summed E-state index contributed by atoms with van der Waals surface area (Å²) in [5.41, 5.74) is 0. The molecule has 2 amide bonds. The van der Waals surface area contributed by atoms with Crippen LogP contribution in [0.5, 0.6) is 0 Å². The Morgan fingerprint density at radius 1 is 1.44 bits per heavy atom. The van der Waals surface area contributed by atoms with Crippen LogP contribution in [-0.4, -0.2) is 52.4 Å². The topological polar surface area (TPSA) is 110 Å². The van der Waals surface area contributed by atoms with Crippen LogP contribution < -0.4 is 5.32 Å². The fraction of sp³-hybridized carbons (Fsp3) is 0.533. The second-order valence-electron chi connectivity index (χ2n) is 6.52. The minimum absolute atomic E-state index is 0.191. The number of nitrogens with zero attached hydrogens (tertiary/aromatic N) is 4. The van der Waals surface area contributed by atoms with Crippen LogP contribution in [0.3, 0.4) is 0 Å². The van der Waals surface area contributed by atoms with E-state index in [1.807, 2.05) is 0 Å². The van der Waals surface area contributed by atoms with Gasteiger partial charge in [-0.2, -0.15) is 5.10 Å². The van der Waals surface area contributed by atoms with Crippen LogP contribution >= 0.6 is 11.6 Å². The van der Waals surface area contributed by atoms with E-state index in [9.17, 15) is 13.2 Å². The first-order valence-electron chi connectivity index (χ1n) is 8.22. The molecule has 12 heteroatoms. The van der Waals surface area contributed by atoms with Crippen LogP contribution in [0.2, 0.25) is 5.15 Å². The molecule has 3 rings (SSSR count). The van der Waals surface area contributed by atoms with E-state index in [0.717, 1.165) is 6.92 Å². The molecule has 0 bridgehead atoms. The van der Waals surface area contributed by atoms with Gasteiger partial charge in [0.2, 0.25) is 14.8 Å². The van der Waals surface area contributed by atoms with Gasteiger partial charge in [-0.25, -0.2) is 17.6 Å². The van der Waals surface area contributed by atoms with Gasteiger partial charge in [-0.3, -0.25) is 10.00 Å². The van der Waals surface area contributed by atoms with Crippen LogP contribution in [0, 0.1) is 5.92 Å². The van der Waals surface area contributed by atoms with E-state index in [4.69, 9.17) is 11.6 Å². The third-order valence-corrected chi connectivity index (χ3v) is 7.41. The molecule has 0 radical (unpaired) electrons. The van der Waals surface area contributed by atoms with Crippen LogP contribution in [0.15, 0.2) is 27.9 Å². The van der Waals surface area contributed by atoms with E-state index < -0.39 is 26.8 Å². The first-order chi connectivity index (χ1) is 12.6. The largest absolute Gasteiger partial charge is 0.363 e. The highest BCUT2D eigenvalue weighted by atomic mass is 35.5. The number of hydrogen-bond donors (Lipinski definition) is 1. The number of aromatic nitrogens is 3. The number of amides is 2. The van der Waals surface area contributed by atoms with Gasteiger partial charge < -0.3 is 9.42 Å². The second kappa shape index (κ2) is 7.12. The smallest absolute Gasteiger partial charge is 0.323 e. The SMILES string of the molecule is Cn1cc(S(=O)(=O)C(C)(F)C2CCN(C(=O)Nc3ccon3)CC2)c(Cl)n1. The number of alkyl halides is 1. The lowest BCUT2D eigenvalue weighted by atomic mass is 9.92. The van der Waals surface area contributed by atoms with E-state index in [1.54, 1.807) is 0 Å². The van der Waals surface area contributed by atoms with Crippen LogP contribution in [0.4, 0.5) is 15.0 Å². The highest BCUT2D eigenvalue weighted by Gasteiger charge is 2.50. The number of aryl methyl sites for hydroxylation is 1. The number of urea groups is 1. The molecule has 1 atom stereocenters. The average Bonchev–Trinajstić information content (AvgIpc) is 3.24. The van der Waals surface area contributed by atoms with Gasteiger partial charge in [0.15, 0.2) is 11.0 Å². The fourth-order valence-corrected chi connectivity index (χ4v) is 5.25. The molecule has 0 spiro atoms. The predicted molar refractivity (Wildman–Crippen MR) is 94.7 cm³/mol. The van der Waals surface area contributed by atoms with E-state index in [0.29, 0.717) is 0 Å². The molecule has 3 heterocycles. The normalized spacial score (nSPS) is 18.3. The first-order valence-corrected chi connectivity index (χ1v) is 10.1. The number of anilines is 1. The van der Waals surface area contributed by atoms with Gasteiger partial charge in [-0.15, -0.1) is 0 Å². The lowest BCUT2D eigenvalue weighted by Crippen LogP contribution is -2.48. The summed E-state index contributed by atoms with van der Waals surface area (Å²) in [7, 11) is -2.84. The number of carbonyl (C=O) groups excluding carboxylic acids is 1. The van der Waals surface area contributed by atoms with Crippen molar-refractivity contribution in [2.45, 2.75) is 29.7 Å². The zero-order chi connectivity index (χ0) is 19.8. The Morgan fingerprint density at radius 3 is 2.63 bits per heavy atom. The molecule has 0 aliphatic carbocycles. The standard InChI is InChI=1S/C15H19ClFN5O4S/c1-15(17,27(24,25)11-9-21(2)19-13(11)16)10-3-6-22(7-4-10)14(23)18-12-5-8-26-20-12/h5,8-10H,3-4,6-7H2,1-2H3,(H,18,20,23). The molecule has 0 saturated carbocycles. The van der Waals surface area contributed by atoms with Gasteiger partial charge in [-0.1, -0.05) is 16.8 Å². The average molecular weight is 420 g/mol. The number of hydrogen-bond acceptors (Lipinski definition) is 6. The Labute approximate surface area is 160 Å². The first kappa shape index (κ1) is 19.6. The molecule has 1 saturated heterocycles. The number of likely N-dealkylation sites (tertiary alicyclic amines) is 1. The summed E-state index contributed by atoms with van der Waals surface area (Å²) in [6.45, 7) is 1.47. The van der Waals surface area contributed by atoms with Gasteiger partial charge in [0.05, 0.1) is 0 Å². The van der Waals surface area contributed by atoms with E-state index in [-0.39, 0.29) is 41.8 Å². The van der Waals surface area contributed by atoms with Crippen molar-refractivity contribution in [1.82, 2.24) is 19.8 Å². The molecule has 1 aliphatic heterocycles. The van der Waals surface area contributed by atoms with Gasteiger partial charge in [0.25, 0.3) is 0 Å². The Balaban J connectivity index is 1.69. The zero-order valence-corrected chi connectivity index (χ0v) is 16.3. The number of carbonyl (C=O) groups is 1. The van der Waals surface area contributed by atoms with E-state index >= 15 is 4.39 Å². The predicted octanol–water partition coefficient (Wildman–Crippen LogP) is 2.47. The summed E-state index contributed by atoms with van der Waals surface area (Å²) < 4.78 is 46.9. The maximum atomic E-state index is 15.4. The van der Waals surface area contributed by atoms with Crippen molar-refractivity contribution in [3.05, 3.63) is 23.7 Å². The monoisotopic (exact) mass is 419 g/mol. The Hall–Kier alpha value is -2.14. The van der Waals surface area contributed by atoms with Crippen LogP contribution in [0.25, 0.3) is 0 Å². The maximum absolute atomic E-state index is 15.4. The van der Waals surface area contributed by atoms with Crippen molar-refractivity contribution in [3.8, 4) is 0 Å². The van der Waals surface area contributed by atoms with Crippen molar-refractivity contribution in [2.24, 2.45) is 13.0 Å². The summed E-state index contributed by atoms with van der Waals surface area (Å²) in [4.78, 5) is 13.3. The lowest BCUT2D eigenvalue weighted by Gasteiger charge is -2.37. The number of piperidine rings is 1. The van der Waals surface area contributed by atoms with Gasteiger partial charge >= 0.3 is 6.03 Å². The third-order valence-electron chi connectivity index (χ3n) is 4.75. The molecule has 1 N–H and O–H groups in total. The molecule has 27 heavy (non-hydrogen) atoms. The number of sulfone groups is 1. The Bertz CT molecular complexity index is 920. The molecule has 0 aromatic carbocycles.